The molecule has 7 heteroatoms. The number of piperidine rings is 1. The van der Waals surface area contributed by atoms with Crippen molar-refractivity contribution in [2.45, 2.75) is 69.6 Å². The molecule has 1 saturated heterocycles. The topological polar surface area (TPSA) is 59.7 Å². The number of pyridine rings is 1. The molecule has 1 unspecified atom stereocenters. The Labute approximate surface area is 153 Å². The molecule has 140 valence electrons. The smallest absolute Gasteiger partial charge is 0.168 e. The number of hydrogen-bond donors (Lipinski definition) is 0. The fraction of sp³-hybridized carbons (Fsp3) is 0.684. The van der Waals surface area contributed by atoms with Crippen LogP contribution in [0.1, 0.15) is 75.5 Å². The average molecular weight is 358 g/mol. The van der Waals surface area contributed by atoms with Gasteiger partial charge >= 0.3 is 0 Å². The Morgan fingerprint density at radius 2 is 1.92 bits per heavy atom. The molecule has 0 aromatic carbocycles. The lowest BCUT2D eigenvalue weighted by molar-refractivity contribution is 0.0326. The van der Waals surface area contributed by atoms with Crippen molar-refractivity contribution in [3.05, 3.63) is 35.9 Å². The molecule has 0 spiro atoms. The summed E-state index contributed by atoms with van der Waals surface area (Å²) < 4.78 is 17.3. The zero-order chi connectivity index (χ0) is 18.0. The van der Waals surface area contributed by atoms with Crippen molar-refractivity contribution in [3.63, 3.8) is 0 Å². The molecule has 1 aliphatic carbocycles. The van der Waals surface area contributed by atoms with Gasteiger partial charge < -0.3 is 0 Å². The van der Waals surface area contributed by atoms with Crippen LogP contribution in [0, 0.1) is 0 Å². The lowest BCUT2D eigenvalue weighted by atomic mass is 9.89. The lowest BCUT2D eigenvalue weighted by Crippen LogP contribution is -2.42. The van der Waals surface area contributed by atoms with Gasteiger partial charge in [-0.3, -0.25) is 9.88 Å². The molecule has 0 bridgehead atoms. The molecule has 2 aliphatic rings. The summed E-state index contributed by atoms with van der Waals surface area (Å²) in [6.45, 7) is 3.51. The highest BCUT2D eigenvalue weighted by molar-refractivity contribution is 5.14. The second kappa shape index (κ2) is 7.39. The van der Waals surface area contributed by atoms with E-state index in [0.717, 1.165) is 18.7 Å². The van der Waals surface area contributed by atoms with Crippen molar-refractivity contribution in [3.8, 4) is 0 Å². The van der Waals surface area contributed by atoms with E-state index < -0.39 is 5.67 Å². The largest absolute Gasteiger partial charge is 0.293 e. The number of alkyl halides is 1. The Bertz CT molecular complexity index is 704. The molecule has 2 aromatic heterocycles. The van der Waals surface area contributed by atoms with E-state index in [1.54, 1.807) is 12.3 Å². The molecular formula is C19H27FN6. The summed E-state index contributed by atoms with van der Waals surface area (Å²) in [6, 6.07) is 5.99. The highest BCUT2D eigenvalue weighted by atomic mass is 19.1. The summed E-state index contributed by atoms with van der Waals surface area (Å²) in [5.41, 5.74) is -0.772. The van der Waals surface area contributed by atoms with Crippen molar-refractivity contribution < 1.29 is 4.39 Å². The molecule has 3 heterocycles. The molecule has 1 aliphatic heterocycles. The van der Waals surface area contributed by atoms with Gasteiger partial charge in [-0.2, -0.15) is 0 Å². The maximum atomic E-state index is 15.3. The van der Waals surface area contributed by atoms with Crippen molar-refractivity contribution >= 4 is 0 Å². The first-order valence-corrected chi connectivity index (χ1v) is 9.80. The lowest BCUT2D eigenvalue weighted by Gasteiger charge is -2.38. The van der Waals surface area contributed by atoms with E-state index in [-0.39, 0.29) is 6.04 Å². The van der Waals surface area contributed by atoms with Crippen LogP contribution in [-0.2, 0) is 5.67 Å². The van der Waals surface area contributed by atoms with Crippen LogP contribution in [0.25, 0.3) is 0 Å². The second-order valence-electron chi connectivity index (χ2n) is 7.67. The van der Waals surface area contributed by atoms with E-state index in [0.29, 0.717) is 37.7 Å². The summed E-state index contributed by atoms with van der Waals surface area (Å²) in [4.78, 5) is 6.54. The first-order chi connectivity index (χ1) is 12.7. The predicted octanol–water partition coefficient (Wildman–Crippen LogP) is 3.60. The van der Waals surface area contributed by atoms with Crippen molar-refractivity contribution in [1.82, 2.24) is 30.1 Å². The molecule has 0 amide bonds. The zero-order valence-electron chi connectivity index (χ0n) is 15.4. The Morgan fingerprint density at radius 1 is 1.15 bits per heavy atom. The Kier molecular flexibility index (Phi) is 4.98. The van der Waals surface area contributed by atoms with Gasteiger partial charge in [-0.25, -0.2) is 9.07 Å². The van der Waals surface area contributed by atoms with Crippen LogP contribution >= 0.6 is 0 Å². The summed E-state index contributed by atoms with van der Waals surface area (Å²) in [7, 11) is 0. The molecule has 0 radical (unpaired) electrons. The van der Waals surface area contributed by atoms with Crippen molar-refractivity contribution in [2.24, 2.45) is 0 Å². The standard InChI is InChI=1S/C19H27FN6/c1-15(18-22-23-24-26(18)16-7-3-2-4-8-16)25-13-10-19(20,11-14-25)17-9-5-6-12-21-17/h5-6,9,12,15-16H,2-4,7-8,10-11,13-14H2,1H3. The molecule has 2 aromatic rings. The SMILES string of the molecule is CC(c1nnnn1C1CCCCC1)N1CCC(F)(c2ccccn2)CC1. The fourth-order valence-electron chi connectivity index (χ4n) is 4.37. The van der Waals surface area contributed by atoms with Gasteiger partial charge in [0.05, 0.1) is 17.8 Å². The van der Waals surface area contributed by atoms with Crippen LogP contribution in [0.4, 0.5) is 4.39 Å². The van der Waals surface area contributed by atoms with Gasteiger partial charge in [0, 0.05) is 19.3 Å². The minimum absolute atomic E-state index is 0.0974. The molecule has 1 saturated carbocycles. The van der Waals surface area contributed by atoms with Crippen molar-refractivity contribution in [2.75, 3.05) is 13.1 Å². The Morgan fingerprint density at radius 3 is 2.62 bits per heavy atom. The zero-order valence-corrected chi connectivity index (χ0v) is 15.4. The van der Waals surface area contributed by atoms with Gasteiger partial charge in [-0.05, 0) is 55.2 Å². The van der Waals surface area contributed by atoms with E-state index in [4.69, 9.17) is 0 Å². The Balaban J connectivity index is 1.44. The maximum Gasteiger partial charge on any atom is 0.168 e. The number of nitrogens with zero attached hydrogens (tertiary/aromatic N) is 6. The fourth-order valence-corrected chi connectivity index (χ4v) is 4.37. The van der Waals surface area contributed by atoms with Crippen LogP contribution in [0.3, 0.4) is 0 Å². The van der Waals surface area contributed by atoms with Gasteiger partial charge in [0.15, 0.2) is 11.5 Å². The van der Waals surface area contributed by atoms with Gasteiger partial charge in [0.25, 0.3) is 0 Å². The molecule has 6 nitrogen and oxygen atoms in total. The van der Waals surface area contributed by atoms with Gasteiger partial charge in [0.1, 0.15) is 0 Å². The summed E-state index contributed by atoms with van der Waals surface area (Å²) >= 11 is 0. The van der Waals surface area contributed by atoms with Crippen LogP contribution in [0.2, 0.25) is 0 Å². The number of aromatic nitrogens is 5. The molecular weight excluding hydrogens is 331 g/mol. The summed E-state index contributed by atoms with van der Waals surface area (Å²) in [5, 5.41) is 12.5. The highest BCUT2D eigenvalue weighted by Gasteiger charge is 2.39. The van der Waals surface area contributed by atoms with Crippen LogP contribution in [-0.4, -0.2) is 43.2 Å². The van der Waals surface area contributed by atoms with Crippen LogP contribution < -0.4 is 0 Å². The average Bonchev–Trinajstić information content (AvgIpc) is 3.19. The second-order valence-corrected chi connectivity index (χ2v) is 7.67. The molecule has 26 heavy (non-hydrogen) atoms. The summed E-state index contributed by atoms with van der Waals surface area (Å²) in [5.74, 6) is 0.918. The molecule has 0 N–H and O–H groups in total. The number of halogens is 1. The third kappa shape index (κ3) is 3.37. The van der Waals surface area contributed by atoms with E-state index in [2.05, 4.69) is 32.3 Å². The summed E-state index contributed by atoms with van der Waals surface area (Å²) in [6.07, 6.45) is 8.69. The number of tetrazole rings is 1. The quantitative estimate of drug-likeness (QED) is 0.836. The van der Waals surface area contributed by atoms with E-state index in [1.807, 2.05) is 16.8 Å². The van der Waals surface area contributed by atoms with E-state index >= 15 is 4.39 Å². The normalized spacial score (nSPS) is 23.0. The number of hydrogen-bond acceptors (Lipinski definition) is 5. The number of rotatable bonds is 4. The number of likely N-dealkylation sites (tertiary alicyclic amines) is 1. The first-order valence-electron chi connectivity index (χ1n) is 9.80. The monoisotopic (exact) mass is 358 g/mol. The maximum absolute atomic E-state index is 15.3. The van der Waals surface area contributed by atoms with Crippen LogP contribution in [0.15, 0.2) is 24.4 Å². The predicted molar refractivity (Wildman–Crippen MR) is 96.2 cm³/mol. The molecule has 2 fully saturated rings. The first kappa shape index (κ1) is 17.5. The molecule has 4 rings (SSSR count). The van der Waals surface area contributed by atoms with E-state index in [9.17, 15) is 0 Å². The Hall–Kier alpha value is -1.89. The minimum Gasteiger partial charge on any atom is -0.293 e. The highest BCUT2D eigenvalue weighted by Crippen LogP contribution is 2.38. The van der Waals surface area contributed by atoms with E-state index in [1.165, 1.54) is 19.3 Å². The third-order valence-corrected chi connectivity index (χ3v) is 6.07. The molecule has 1 atom stereocenters. The third-order valence-electron chi connectivity index (χ3n) is 6.07. The van der Waals surface area contributed by atoms with Gasteiger partial charge in [-0.15, -0.1) is 5.10 Å². The minimum atomic E-state index is -1.33. The van der Waals surface area contributed by atoms with Gasteiger partial charge in [0.2, 0.25) is 0 Å². The van der Waals surface area contributed by atoms with Gasteiger partial charge in [-0.1, -0.05) is 25.3 Å². The van der Waals surface area contributed by atoms with Crippen LogP contribution in [0.5, 0.6) is 0 Å². The van der Waals surface area contributed by atoms with Crippen molar-refractivity contribution in [1.29, 1.82) is 0 Å².